The van der Waals surface area contributed by atoms with Crippen LogP contribution in [0.5, 0.6) is 5.75 Å². The van der Waals surface area contributed by atoms with Crippen LogP contribution in [0, 0.1) is 5.92 Å². The third-order valence-electron chi connectivity index (χ3n) is 3.45. The van der Waals surface area contributed by atoms with E-state index in [1.54, 1.807) is 30.1 Å². The summed E-state index contributed by atoms with van der Waals surface area (Å²) in [6, 6.07) is 5.05. The summed E-state index contributed by atoms with van der Waals surface area (Å²) in [7, 11) is 3.34. The van der Waals surface area contributed by atoms with Crippen LogP contribution in [0.1, 0.15) is 23.2 Å². The quantitative estimate of drug-likeness (QED) is 0.797. The third kappa shape index (κ3) is 3.34. The average molecular weight is 302 g/mol. The van der Waals surface area contributed by atoms with Gasteiger partial charge in [-0.3, -0.25) is 4.79 Å². The minimum absolute atomic E-state index is 0.0495. The highest BCUT2D eigenvalue weighted by molar-refractivity contribution is 6.30. The second-order valence-electron chi connectivity index (χ2n) is 4.96. The van der Waals surface area contributed by atoms with Crippen molar-refractivity contribution in [3.63, 3.8) is 0 Å². The molecule has 0 N–H and O–H groups in total. The van der Waals surface area contributed by atoms with Gasteiger partial charge in [0.2, 0.25) is 0 Å². The molecule has 1 aromatic rings. The molecule has 0 aromatic heterocycles. The maximum Gasteiger partial charge on any atom is 0.257 e. The lowest BCUT2D eigenvalue weighted by molar-refractivity contribution is 0.0743. The fourth-order valence-corrected chi connectivity index (χ4v) is 2.99. The Morgan fingerprint density at radius 1 is 1.47 bits per heavy atom. The summed E-state index contributed by atoms with van der Waals surface area (Å²) in [6.45, 7) is 0.730. The molecule has 5 heteroatoms. The summed E-state index contributed by atoms with van der Waals surface area (Å²) >= 11 is 11.8. The van der Waals surface area contributed by atoms with Crippen LogP contribution in [0.3, 0.4) is 0 Å². The summed E-state index contributed by atoms with van der Waals surface area (Å²) in [5, 5.41) is 0.832. The van der Waals surface area contributed by atoms with Gasteiger partial charge in [0.25, 0.3) is 5.91 Å². The summed E-state index contributed by atoms with van der Waals surface area (Å²) in [6.07, 6.45) is 1.97. The van der Waals surface area contributed by atoms with Crippen LogP contribution in [-0.4, -0.2) is 36.9 Å². The first kappa shape index (κ1) is 14.5. The molecule has 104 valence electrons. The van der Waals surface area contributed by atoms with E-state index in [9.17, 15) is 4.79 Å². The molecule has 1 aliphatic rings. The van der Waals surface area contributed by atoms with Gasteiger partial charge in [0.15, 0.2) is 0 Å². The molecule has 0 aliphatic heterocycles. The SMILES string of the molecule is COc1cc(Cl)ccc1C(=O)N(C)CC1CC(Cl)C1. The molecular weight excluding hydrogens is 285 g/mol. The van der Waals surface area contributed by atoms with E-state index in [1.807, 2.05) is 0 Å². The Kier molecular flexibility index (Phi) is 4.58. The summed E-state index contributed by atoms with van der Waals surface area (Å²) < 4.78 is 5.21. The topological polar surface area (TPSA) is 29.5 Å². The number of carbonyl (C=O) groups is 1. The highest BCUT2D eigenvalue weighted by Crippen LogP contribution is 2.33. The normalized spacial score (nSPS) is 21.7. The van der Waals surface area contributed by atoms with Gasteiger partial charge >= 0.3 is 0 Å². The first-order valence-corrected chi connectivity index (χ1v) is 7.05. The number of ether oxygens (including phenoxy) is 1. The van der Waals surface area contributed by atoms with Crippen LogP contribution in [0.25, 0.3) is 0 Å². The van der Waals surface area contributed by atoms with Gasteiger partial charge in [0.05, 0.1) is 12.7 Å². The Hall–Kier alpha value is -0.930. The molecule has 1 aromatic carbocycles. The standard InChI is InChI=1S/C14H17Cl2NO2/c1-17(8-9-5-11(16)6-9)14(18)12-4-3-10(15)7-13(12)19-2/h3-4,7,9,11H,5-6,8H2,1-2H3. The number of methoxy groups -OCH3 is 1. The van der Waals surface area contributed by atoms with Gasteiger partial charge < -0.3 is 9.64 Å². The van der Waals surface area contributed by atoms with Gasteiger partial charge in [0, 0.05) is 24.0 Å². The number of benzene rings is 1. The lowest BCUT2D eigenvalue weighted by Crippen LogP contribution is -2.38. The van der Waals surface area contributed by atoms with Gasteiger partial charge in [-0.1, -0.05) is 11.6 Å². The molecule has 1 amide bonds. The minimum atomic E-state index is -0.0495. The van der Waals surface area contributed by atoms with Crippen LogP contribution in [0.15, 0.2) is 18.2 Å². The Morgan fingerprint density at radius 2 is 2.16 bits per heavy atom. The number of hydrogen-bond acceptors (Lipinski definition) is 2. The molecule has 1 fully saturated rings. The zero-order valence-electron chi connectivity index (χ0n) is 11.0. The van der Waals surface area contributed by atoms with Crippen molar-refractivity contribution < 1.29 is 9.53 Å². The fourth-order valence-electron chi connectivity index (χ4n) is 2.32. The van der Waals surface area contributed by atoms with Crippen LogP contribution in [-0.2, 0) is 0 Å². The third-order valence-corrected chi connectivity index (χ3v) is 4.04. The molecule has 0 bridgehead atoms. The number of nitrogens with zero attached hydrogens (tertiary/aromatic N) is 1. The highest BCUT2D eigenvalue weighted by Gasteiger charge is 2.29. The second-order valence-corrected chi connectivity index (χ2v) is 6.02. The predicted octanol–water partition coefficient (Wildman–Crippen LogP) is 3.44. The van der Waals surface area contributed by atoms with E-state index in [0.717, 1.165) is 19.4 Å². The van der Waals surface area contributed by atoms with E-state index in [-0.39, 0.29) is 11.3 Å². The maximum atomic E-state index is 12.4. The fraction of sp³-hybridized carbons (Fsp3) is 0.500. The molecule has 0 saturated heterocycles. The lowest BCUT2D eigenvalue weighted by atomic mass is 9.84. The van der Waals surface area contributed by atoms with E-state index in [4.69, 9.17) is 27.9 Å². The van der Waals surface area contributed by atoms with Crippen LogP contribution < -0.4 is 4.74 Å². The van der Waals surface area contributed by atoms with E-state index in [2.05, 4.69) is 0 Å². The Balaban J connectivity index is 2.06. The monoisotopic (exact) mass is 301 g/mol. The highest BCUT2D eigenvalue weighted by atomic mass is 35.5. The van der Waals surface area contributed by atoms with E-state index < -0.39 is 0 Å². The number of rotatable bonds is 4. The molecule has 19 heavy (non-hydrogen) atoms. The zero-order valence-corrected chi connectivity index (χ0v) is 12.5. The molecule has 0 atom stereocenters. The summed E-state index contributed by atoms with van der Waals surface area (Å²) in [4.78, 5) is 14.1. The predicted molar refractivity (Wildman–Crippen MR) is 77.3 cm³/mol. The molecule has 0 spiro atoms. The van der Waals surface area contributed by atoms with Gasteiger partial charge in [-0.2, -0.15) is 0 Å². The summed E-state index contributed by atoms with van der Waals surface area (Å²) in [5.74, 6) is 0.967. The Morgan fingerprint density at radius 3 is 2.74 bits per heavy atom. The van der Waals surface area contributed by atoms with Crippen LogP contribution in [0.2, 0.25) is 5.02 Å². The molecule has 0 radical (unpaired) electrons. The zero-order chi connectivity index (χ0) is 14.0. The van der Waals surface area contributed by atoms with Crippen LogP contribution in [0.4, 0.5) is 0 Å². The average Bonchev–Trinajstić information content (AvgIpc) is 2.35. The summed E-state index contributed by atoms with van der Waals surface area (Å²) in [5.41, 5.74) is 0.538. The van der Waals surface area contributed by atoms with Gasteiger partial charge in [-0.15, -0.1) is 11.6 Å². The van der Waals surface area contributed by atoms with Crippen molar-refractivity contribution in [3.8, 4) is 5.75 Å². The molecule has 0 heterocycles. The lowest BCUT2D eigenvalue weighted by Gasteiger charge is -2.34. The van der Waals surface area contributed by atoms with Gasteiger partial charge in [-0.05, 0) is 37.0 Å². The molecule has 0 unspecified atom stereocenters. The van der Waals surface area contributed by atoms with E-state index >= 15 is 0 Å². The Labute approximate surface area is 123 Å². The smallest absolute Gasteiger partial charge is 0.257 e. The molecule has 3 nitrogen and oxygen atoms in total. The van der Waals surface area contributed by atoms with Crippen molar-refractivity contribution in [1.82, 2.24) is 4.90 Å². The number of alkyl halides is 1. The van der Waals surface area contributed by atoms with Crippen molar-refractivity contribution in [2.75, 3.05) is 20.7 Å². The number of amides is 1. The first-order valence-electron chi connectivity index (χ1n) is 6.24. The largest absolute Gasteiger partial charge is 0.496 e. The van der Waals surface area contributed by atoms with Gasteiger partial charge in [-0.25, -0.2) is 0 Å². The maximum absolute atomic E-state index is 12.4. The molecule has 1 aliphatic carbocycles. The van der Waals surface area contributed by atoms with Crippen LogP contribution >= 0.6 is 23.2 Å². The van der Waals surface area contributed by atoms with E-state index in [0.29, 0.717) is 22.3 Å². The second kappa shape index (κ2) is 6.02. The van der Waals surface area contributed by atoms with Crippen molar-refractivity contribution in [3.05, 3.63) is 28.8 Å². The first-order chi connectivity index (χ1) is 9.01. The van der Waals surface area contributed by atoms with Crippen molar-refractivity contribution in [2.45, 2.75) is 18.2 Å². The molecule has 1 saturated carbocycles. The number of halogens is 2. The number of carbonyl (C=O) groups excluding carboxylic acids is 1. The minimum Gasteiger partial charge on any atom is -0.496 e. The molecular formula is C14H17Cl2NO2. The number of hydrogen-bond donors (Lipinski definition) is 0. The van der Waals surface area contributed by atoms with Crippen molar-refractivity contribution in [1.29, 1.82) is 0 Å². The van der Waals surface area contributed by atoms with Crippen molar-refractivity contribution >= 4 is 29.1 Å². The van der Waals surface area contributed by atoms with E-state index in [1.165, 1.54) is 7.11 Å². The molecule has 2 rings (SSSR count). The van der Waals surface area contributed by atoms with Gasteiger partial charge in [0.1, 0.15) is 5.75 Å². The Bertz CT molecular complexity index is 473. The van der Waals surface area contributed by atoms with Crippen molar-refractivity contribution in [2.24, 2.45) is 5.92 Å².